The SMILES string of the molecule is C#C/C=C\C1=C(C(=O)NC2CC3CCC(C2)N(C)CC3)C=C(C)/C1=C/C. The van der Waals surface area contributed by atoms with Gasteiger partial charge in [0.25, 0.3) is 5.91 Å². The van der Waals surface area contributed by atoms with Crippen molar-refractivity contribution in [3.05, 3.63) is 46.6 Å². The standard InChI is InChI=1S/C23H30N2O/c1-5-7-8-21-20(6-2)16(3)13-22(21)23(26)24-18-14-17-9-10-19(15-18)25(4)12-11-17/h1,6-8,13,17-19H,9-12,14-15H2,2-4H3,(H,24,26)/b8-7-,20-6-. The average Bonchev–Trinajstić information content (AvgIpc) is 2.74. The molecule has 1 aliphatic heterocycles. The van der Waals surface area contributed by atoms with Gasteiger partial charge in [-0.3, -0.25) is 4.79 Å². The fourth-order valence-corrected chi connectivity index (χ4v) is 4.71. The van der Waals surface area contributed by atoms with Crippen LogP contribution in [0.15, 0.2) is 46.6 Å². The van der Waals surface area contributed by atoms with E-state index < -0.39 is 0 Å². The largest absolute Gasteiger partial charge is 0.349 e. The van der Waals surface area contributed by atoms with Crippen LogP contribution in [0.2, 0.25) is 0 Å². The second-order valence-corrected chi connectivity index (χ2v) is 7.87. The van der Waals surface area contributed by atoms with Crippen LogP contribution in [0, 0.1) is 18.3 Å². The van der Waals surface area contributed by atoms with Crippen LogP contribution in [-0.4, -0.2) is 36.5 Å². The third-order valence-electron chi connectivity index (χ3n) is 6.18. The summed E-state index contributed by atoms with van der Waals surface area (Å²) in [7, 11) is 2.23. The predicted octanol–water partition coefficient (Wildman–Crippen LogP) is 3.76. The van der Waals surface area contributed by atoms with E-state index in [2.05, 4.69) is 23.2 Å². The van der Waals surface area contributed by atoms with Crippen molar-refractivity contribution in [1.82, 2.24) is 10.2 Å². The number of likely N-dealkylation sites (tertiary alicyclic amines) is 1. The Bertz CT molecular complexity index is 730. The molecule has 0 aromatic carbocycles. The highest BCUT2D eigenvalue weighted by atomic mass is 16.1. The third-order valence-corrected chi connectivity index (χ3v) is 6.18. The van der Waals surface area contributed by atoms with E-state index >= 15 is 0 Å². The Morgan fingerprint density at radius 2 is 2.15 bits per heavy atom. The molecule has 2 aliphatic carbocycles. The predicted molar refractivity (Wildman–Crippen MR) is 107 cm³/mol. The number of nitrogens with one attached hydrogen (secondary N) is 1. The highest BCUT2D eigenvalue weighted by molar-refractivity contribution is 6.01. The van der Waals surface area contributed by atoms with Crippen LogP contribution in [0.1, 0.15) is 46.0 Å². The molecule has 1 N–H and O–H groups in total. The Morgan fingerprint density at radius 3 is 2.88 bits per heavy atom. The lowest BCUT2D eigenvalue weighted by atomic mass is 9.93. The number of hydrogen-bond donors (Lipinski definition) is 1. The van der Waals surface area contributed by atoms with Gasteiger partial charge >= 0.3 is 0 Å². The summed E-state index contributed by atoms with van der Waals surface area (Å²) in [5.41, 5.74) is 3.89. The van der Waals surface area contributed by atoms with E-state index in [9.17, 15) is 4.79 Å². The van der Waals surface area contributed by atoms with Crippen LogP contribution < -0.4 is 5.32 Å². The van der Waals surface area contributed by atoms with Crippen molar-refractivity contribution < 1.29 is 4.79 Å². The molecule has 138 valence electrons. The summed E-state index contributed by atoms with van der Waals surface area (Å²) in [6, 6.07) is 0.853. The first kappa shape index (κ1) is 18.7. The molecule has 3 atom stereocenters. The zero-order chi connectivity index (χ0) is 18.7. The van der Waals surface area contributed by atoms with Crippen molar-refractivity contribution in [2.75, 3.05) is 13.6 Å². The van der Waals surface area contributed by atoms with Crippen molar-refractivity contribution in [2.45, 2.75) is 58.0 Å². The Morgan fingerprint density at radius 1 is 1.35 bits per heavy atom. The van der Waals surface area contributed by atoms with Crippen LogP contribution in [0.4, 0.5) is 0 Å². The fourth-order valence-electron chi connectivity index (χ4n) is 4.71. The van der Waals surface area contributed by atoms with Crippen molar-refractivity contribution in [1.29, 1.82) is 0 Å². The van der Waals surface area contributed by atoms with Crippen LogP contribution in [0.5, 0.6) is 0 Å². The van der Waals surface area contributed by atoms with Gasteiger partial charge in [0.05, 0.1) is 0 Å². The molecule has 1 amide bonds. The molecule has 3 unspecified atom stereocenters. The number of nitrogens with zero attached hydrogens (tertiary/aromatic N) is 1. The highest BCUT2D eigenvalue weighted by Crippen LogP contribution is 2.34. The average molecular weight is 351 g/mol. The summed E-state index contributed by atoms with van der Waals surface area (Å²) in [6.07, 6.45) is 18.9. The van der Waals surface area contributed by atoms with Crippen LogP contribution in [0.25, 0.3) is 0 Å². The lowest BCUT2D eigenvalue weighted by molar-refractivity contribution is -0.118. The second-order valence-electron chi connectivity index (χ2n) is 7.87. The van der Waals surface area contributed by atoms with Gasteiger partial charge < -0.3 is 10.2 Å². The number of hydrogen-bond acceptors (Lipinski definition) is 2. The summed E-state index contributed by atoms with van der Waals surface area (Å²) in [6.45, 7) is 5.23. The lowest BCUT2D eigenvalue weighted by Crippen LogP contribution is -2.43. The number of carbonyl (C=O) groups is 1. The number of rotatable bonds is 3. The van der Waals surface area contributed by atoms with Crippen LogP contribution in [0.3, 0.4) is 0 Å². The third kappa shape index (κ3) is 3.86. The lowest BCUT2D eigenvalue weighted by Gasteiger charge is -2.31. The van der Waals surface area contributed by atoms with Crippen molar-refractivity contribution in [3.63, 3.8) is 0 Å². The van der Waals surface area contributed by atoms with E-state index in [0.717, 1.165) is 41.1 Å². The van der Waals surface area contributed by atoms with E-state index in [-0.39, 0.29) is 11.9 Å². The van der Waals surface area contributed by atoms with Gasteiger partial charge in [0.15, 0.2) is 0 Å². The molecule has 0 aromatic heterocycles. The molecule has 3 aliphatic rings. The number of fused-ring (bicyclic) bond motifs is 3. The van der Waals surface area contributed by atoms with E-state index in [4.69, 9.17) is 6.42 Å². The minimum absolute atomic E-state index is 0.0329. The molecule has 1 saturated heterocycles. The summed E-state index contributed by atoms with van der Waals surface area (Å²) < 4.78 is 0. The van der Waals surface area contributed by atoms with Crippen molar-refractivity contribution in [3.8, 4) is 12.3 Å². The van der Waals surface area contributed by atoms with Gasteiger partial charge in [0.1, 0.15) is 0 Å². The van der Waals surface area contributed by atoms with Crippen LogP contribution in [-0.2, 0) is 4.79 Å². The molecule has 0 radical (unpaired) electrons. The molecule has 0 aromatic rings. The minimum Gasteiger partial charge on any atom is -0.349 e. The van der Waals surface area contributed by atoms with Gasteiger partial charge in [-0.05, 0) is 100 Å². The monoisotopic (exact) mass is 350 g/mol. The molecule has 2 bridgehead atoms. The van der Waals surface area contributed by atoms with Gasteiger partial charge in [0.2, 0.25) is 0 Å². The number of terminal acetylenes is 1. The zero-order valence-corrected chi connectivity index (χ0v) is 16.2. The summed E-state index contributed by atoms with van der Waals surface area (Å²) in [4.78, 5) is 15.6. The molecule has 26 heavy (non-hydrogen) atoms. The van der Waals surface area contributed by atoms with Crippen LogP contribution >= 0.6 is 0 Å². The van der Waals surface area contributed by atoms with E-state index in [1.807, 2.05) is 32.1 Å². The van der Waals surface area contributed by atoms with Gasteiger partial charge in [-0.15, -0.1) is 6.42 Å². The summed E-state index contributed by atoms with van der Waals surface area (Å²) >= 11 is 0. The number of amides is 1. The van der Waals surface area contributed by atoms with E-state index in [1.54, 1.807) is 6.08 Å². The first-order chi connectivity index (χ1) is 12.5. The Balaban J connectivity index is 1.80. The number of allylic oxidation sites excluding steroid dienone is 6. The number of carbonyl (C=O) groups excluding carboxylic acids is 1. The molecular weight excluding hydrogens is 320 g/mol. The zero-order valence-electron chi connectivity index (χ0n) is 16.2. The molecular formula is C23H30N2O. The topological polar surface area (TPSA) is 32.3 Å². The van der Waals surface area contributed by atoms with Gasteiger partial charge in [0, 0.05) is 17.7 Å². The molecule has 3 nitrogen and oxygen atoms in total. The summed E-state index contributed by atoms with van der Waals surface area (Å²) in [5, 5.41) is 3.34. The molecule has 0 spiro atoms. The maximum atomic E-state index is 13.1. The molecule has 1 heterocycles. The van der Waals surface area contributed by atoms with Gasteiger partial charge in [-0.1, -0.05) is 12.0 Å². The summed E-state index contributed by atoms with van der Waals surface area (Å²) in [5.74, 6) is 3.30. The molecule has 2 fully saturated rings. The van der Waals surface area contributed by atoms with Crippen molar-refractivity contribution >= 4 is 5.91 Å². The molecule has 1 saturated carbocycles. The van der Waals surface area contributed by atoms with Gasteiger partial charge in [-0.2, -0.15) is 0 Å². The first-order valence-electron chi connectivity index (χ1n) is 9.76. The van der Waals surface area contributed by atoms with E-state index in [1.165, 1.54) is 25.8 Å². The minimum atomic E-state index is 0.0329. The van der Waals surface area contributed by atoms with Gasteiger partial charge in [-0.25, -0.2) is 0 Å². The smallest absolute Gasteiger partial charge is 0.252 e. The second kappa shape index (κ2) is 8.10. The highest BCUT2D eigenvalue weighted by Gasteiger charge is 2.33. The Kier molecular flexibility index (Phi) is 5.84. The van der Waals surface area contributed by atoms with E-state index in [0.29, 0.717) is 6.04 Å². The maximum Gasteiger partial charge on any atom is 0.252 e. The normalized spacial score (nSPS) is 31.1. The Labute approximate surface area is 157 Å². The van der Waals surface area contributed by atoms with Crippen molar-refractivity contribution in [2.24, 2.45) is 5.92 Å². The fraction of sp³-hybridized carbons (Fsp3) is 0.522. The first-order valence-corrected chi connectivity index (χ1v) is 9.76. The Hall–Kier alpha value is -2.05. The quantitative estimate of drug-likeness (QED) is 0.786. The maximum absolute atomic E-state index is 13.1. The molecule has 3 heteroatoms. The molecule has 3 rings (SSSR count).